The molecule has 2 aliphatic heterocycles. The molecular formula is C24H26FN5O3S. The van der Waals surface area contributed by atoms with Crippen molar-refractivity contribution in [1.82, 2.24) is 19.2 Å². The molecule has 1 saturated heterocycles. The van der Waals surface area contributed by atoms with Gasteiger partial charge in [-0.2, -0.15) is 9.29 Å². The molecule has 1 aromatic heterocycles. The van der Waals surface area contributed by atoms with Crippen molar-refractivity contribution in [3.63, 3.8) is 0 Å². The summed E-state index contributed by atoms with van der Waals surface area (Å²) in [4.78, 5) is 14.1. The highest BCUT2D eigenvalue weighted by molar-refractivity contribution is 7.89. The molecule has 0 spiro atoms. The number of nitrogens with zero attached hydrogens (tertiary/aromatic N) is 5. The van der Waals surface area contributed by atoms with Crippen molar-refractivity contribution >= 4 is 16.0 Å². The lowest BCUT2D eigenvalue weighted by molar-refractivity contribution is 0.310. The second kappa shape index (κ2) is 9.28. The largest absolute Gasteiger partial charge is 0.438 e. The first kappa shape index (κ1) is 22.7. The number of ether oxygens (including phenoxy) is 1. The predicted octanol–water partition coefficient (Wildman–Crippen LogP) is 2.91. The summed E-state index contributed by atoms with van der Waals surface area (Å²) in [5.41, 5.74) is 1.36. The SMILES string of the molecule is CN1CCN(c2nc3c(c(Oc4cccc(F)c4)n2)CN(S(=O)(=O)c2ccccc2)CC3)CC1. The molecule has 3 aromatic rings. The van der Waals surface area contributed by atoms with E-state index in [4.69, 9.17) is 9.72 Å². The number of sulfonamides is 1. The number of aromatic nitrogens is 2. The van der Waals surface area contributed by atoms with E-state index in [0.717, 1.165) is 31.9 Å². The molecule has 2 aromatic carbocycles. The van der Waals surface area contributed by atoms with Gasteiger partial charge in [0.25, 0.3) is 0 Å². The Bertz CT molecular complexity index is 1280. The van der Waals surface area contributed by atoms with Gasteiger partial charge in [0, 0.05) is 51.8 Å². The van der Waals surface area contributed by atoms with Gasteiger partial charge in [0.15, 0.2) is 0 Å². The molecule has 1 fully saturated rings. The maximum Gasteiger partial charge on any atom is 0.243 e. The average Bonchev–Trinajstić information content (AvgIpc) is 2.85. The molecule has 2 aliphatic rings. The van der Waals surface area contributed by atoms with E-state index >= 15 is 0 Å². The molecule has 0 atom stereocenters. The molecule has 8 nitrogen and oxygen atoms in total. The number of anilines is 1. The van der Waals surface area contributed by atoms with E-state index in [0.29, 0.717) is 30.2 Å². The third kappa shape index (κ3) is 4.61. The van der Waals surface area contributed by atoms with Crippen molar-refractivity contribution in [2.75, 3.05) is 44.7 Å². The van der Waals surface area contributed by atoms with Crippen LogP contribution in [-0.2, 0) is 23.0 Å². The minimum atomic E-state index is -3.69. The molecule has 34 heavy (non-hydrogen) atoms. The van der Waals surface area contributed by atoms with Gasteiger partial charge in [0.2, 0.25) is 21.9 Å². The second-order valence-corrected chi connectivity index (χ2v) is 10.4. The number of hydrogen-bond donors (Lipinski definition) is 0. The third-order valence-corrected chi connectivity index (χ3v) is 8.01. The summed E-state index contributed by atoms with van der Waals surface area (Å²) in [5.74, 6) is 0.691. The van der Waals surface area contributed by atoms with Crippen LogP contribution in [0.15, 0.2) is 59.5 Å². The summed E-state index contributed by atoms with van der Waals surface area (Å²) in [6.07, 6.45) is 0.435. The smallest absolute Gasteiger partial charge is 0.243 e. The lowest BCUT2D eigenvalue weighted by atomic mass is 10.1. The molecule has 0 amide bonds. The fourth-order valence-electron chi connectivity index (χ4n) is 4.17. The molecule has 3 heterocycles. The number of benzene rings is 2. The van der Waals surface area contributed by atoms with E-state index in [9.17, 15) is 12.8 Å². The van der Waals surface area contributed by atoms with Gasteiger partial charge in [-0.05, 0) is 31.3 Å². The number of halogens is 1. The molecule has 5 rings (SSSR count). The van der Waals surface area contributed by atoms with Crippen LogP contribution >= 0.6 is 0 Å². The Morgan fingerprint density at radius 1 is 0.941 bits per heavy atom. The molecule has 0 N–H and O–H groups in total. The van der Waals surface area contributed by atoms with Crippen LogP contribution in [0.4, 0.5) is 10.3 Å². The highest BCUT2D eigenvalue weighted by atomic mass is 32.2. The Kier molecular flexibility index (Phi) is 6.20. The van der Waals surface area contributed by atoms with Crippen molar-refractivity contribution in [3.05, 3.63) is 71.7 Å². The monoisotopic (exact) mass is 483 g/mol. The second-order valence-electron chi connectivity index (χ2n) is 8.51. The van der Waals surface area contributed by atoms with E-state index in [-0.39, 0.29) is 17.3 Å². The van der Waals surface area contributed by atoms with E-state index in [1.807, 2.05) is 0 Å². The summed E-state index contributed by atoms with van der Waals surface area (Å²) in [6, 6.07) is 14.2. The van der Waals surface area contributed by atoms with Crippen LogP contribution in [-0.4, -0.2) is 67.4 Å². The average molecular weight is 484 g/mol. The van der Waals surface area contributed by atoms with Crippen LogP contribution in [0, 0.1) is 5.82 Å². The van der Waals surface area contributed by atoms with Gasteiger partial charge in [-0.25, -0.2) is 17.8 Å². The first-order valence-electron chi connectivity index (χ1n) is 11.2. The van der Waals surface area contributed by atoms with Gasteiger partial charge in [0.05, 0.1) is 16.2 Å². The van der Waals surface area contributed by atoms with Gasteiger partial charge >= 0.3 is 0 Å². The zero-order chi connectivity index (χ0) is 23.7. The van der Waals surface area contributed by atoms with Gasteiger partial charge in [0.1, 0.15) is 11.6 Å². The Morgan fingerprint density at radius 3 is 2.44 bits per heavy atom. The van der Waals surface area contributed by atoms with E-state index < -0.39 is 15.8 Å². The Labute approximate surface area is 198 Å². The number of hydrogen-bond acceptors (Lipinski definition) is 7. The van der Waals surface area contributed by atoms with Crippen LogP contribution in [0.3, 0.4) is 0 Å². The van der Waals surface area contributed by atoms with Gasteiger partial charge in [-0.3, -0.25) is 0 Å². The first-order valence-corrected chi connectivity index (χ1v) is 12.7. The Hall–Kier alpha value is -3.08. The fourth-order valence-corrected chi connectivity index (χ4v) is 5.60. The zero-order valence-electron chi connectivity index (χ0n) is 18.9. The molecule has 0 radical (unpaired) electrons. The van der Waals surface area contributed by atoms with E-state index in [2.05, 4.69) is 21.8 Å². The molecule has 0 saturated carbocycles. The van der Waals surface area contributed by atoms with Crippen molar-refractivity contribution in [3.8, 4) is 11.6 Å². The standard InChI is InChI=1S/C24H26FN5O3S/c1-28-12-14-29(15-13-28)24-26-22-10-11-30(34(31,32)20-8-3-2-4-9-20)17-21(22)23(27-24)33-19-7-5-6-18(25)16-19/h2-9,16H,10-15,17H2,1H3. The topological polar surface area (TPSA) is 78.9 Å². The van der Waals surface area contributed by atoms with E-state index in [1.165, 1.54) is 16.4 Å². The van der Waals surface area contributed by atoms with Gasteiger partial charge in [-0.1, -0.05) is 24.3 Å². The van der Waals surface area contributed by atoms with Gasteiger partial charge in [-0.15, -0.1) is 0 Å². The van der Waals surface area contributed by atoms with Gasteiger partial charge < -0.3 is 14.5 Å². The van der Waals surface area contributed by atoms with Crippen molar-refractivity contribution in [1.29, 1.82) is 0 Å². The highest BCUT2D eigenvalue weighted by Gasteiger charge is 2.32. The quantitative estimate of drug-likeness (QED) is 0.552. The zero-order valence-corrected chi connectivity index (χ0v) is 19.7. The number of fused-ring (bicyclic) bond motifs is 1. The van der Waals surface area contributed by atoms with Crippen LogP contribution in [0.5, 0.6) is 11.6 Å². The van der Waals surface area contributed by atoms with Crippen LogP contribution in [0.25, 0.3) is 0 Å². The summed E-state index contributed by atoms with van der Waals surface area (Å²) in [7, 11) is -1.62. The number of likely N-dealkylation sites (N-methyl/N-ethyl adjacent to an activating group) is 1. The fraction of sp³-hybridized carbons (Fsp3) is 0.333. The molecule has 0 unspecified atom stereocenters. The normalized spacial score (nSPS) is 17.4. The van der Waals surface area contributed by atoms with Crippen molar-refractivity contribution in [2.24, 2.45) is 0 Å². The summed E-state index contributed by atoms with van der Waals surface area (Å²) in [5, 5.41) is 0. The number of piperazine rings is 1. The Morgan fingerprint density at radius 2 is 1.71 bits per heavy atom. The lowest BCUT2D eigenvalue weighted by Crippen LogP contribution is -2.45. The lowest BCUT2D eigenvalue weighted by Gasteiger charge is -2.34. The predicted molar refractivity (Wildman–Crippen MR) is 126 cm³/mol. The highest BCUT2D eigenvalue weighted by Crippen LogP contribution is 2.33. The molecule has 0 bridgehead atoms. The summed E-state index contributed by atoms with van der Waals surface area (Å²) >= 11 is 0. The molecule has 0 aliphatic carbocycles. The van der Waals surface area contributed by atoms with Crippen LogP contribution in [0.1, 0.15) is 11.3 Å². The third-order valence-electron chi connectivity index (χ3n) is 6.15. The maximum absolute atomic E-state index is 13.8. The van der Waals surface area contributed by atoms with Crippen LogP contribution in [0.2, 0.25) is 0 Å². The van der Waals surface area contributed by atoms with Crippen molar-refractivity contribution < 1.29 is 17.5 Å². The summed E-state index contributed by atoms with van der Waals surface area (Å²) < 4.78 is 47.7. The first-order chi connectivity index (χ1) is 16.4. The molecular weight excluding hydrogens is 457 g/mol. The van der Waals surface area contributed by atoms with Crippen molar-refractivity contribution in [2.45, 2.75) is 17.9 Å². The number of rotatable bonds is 5. The van der Waals surface area contributed by atoms with E-state index in [1.54, 1.807) is 42.5 Å². The summed E-state index contributed by atoms with van der Waals surface area (Å²) in [6.45, 7) is 3.74. The molecule has 10 heteroatoms. The van der Waals surface area contributed by atoms with Crippen LogP contribution < -0.4 is 9.64 Å². The maximum atomic E-state index is 13.8. The minimum absolute atomic E-state index is 0.0836. The Balaban J connectivity index is 1.51. The minimum Gasteiger partial charge on any atom is -0.438 e. The molecule has 178 valence electrons.